The van der Waals surface area contributed by atoms with Crippen molar-refractivity contribution in [1.29, 1.82) is 0 Å². The van der Waals surface area contributed by atoms with Crippen LogP contribution in [-0.4, -0.2) is 63.7 Å². The largest absolute Gasteiger partial charge is 0.371 e. The van der Waals surface area contributed by atoms with Gasteiger partial charge in [0, 0.05) is 31.9 Å². The fraction of sp³-hybridized carbons (Fsp3) is 0.517. The number of epoxide rings is 2. The van der Waals surface area contributed by atoms with Gasteiger partial charge in [0.05, 0.1) is 31.1 Å². The molecule has 0 aliphatic carbocycles. The van der Waals surface area contributed by atoms with Crippen LogP contribution in [0.1, 0.15) is 50.7 Å². The number of carbonyl (C=O) groups excluding carboxylic acids is 2. The third kappa shape index (κ3) is 8.47. The molecule has 0 spiro atoms. The highest BCUT2D eigenvalue weighted by molar-refractivity contribution is 6.13. The zero-order valence-electron chi connectivity index (χ0n) is 22.1. The van der Waals surface area contributed by atoms with Gasteiger partial charge in [-0.25, -0.2) is 14.5 Å². The van der Waals surface area contributed by atoms with Crippen molar-refractivity contribution in [3.8, 4) is 0 Å². The van der Waals surface area contributed by atoms with Crippen LogP contribution in [0.2, 0.25) is 0 Å². The molecule has 4 amide bonds. The Hall–Kier alpha value is -3.10. The molecule has 2 unspecified atom stereocenters. The normalized spacial score (nSPS) is 17.7. The molecule has 8 nitrogen and oxygen atoms in total. The predicted molar refractivity (Wildman–Crippen MR) is 146 cm³/mol. The third-order valence-electron chi connectivity index (χ3n) is 6.58. The van der Waals surface area contributed by atoms with Gasteiger partial charge < -0.3 is 25.0 Å². The lowest BCUT2D eigenvalue weighted by Crippen LogP contribution is -2.49. The number of amides is 4. The minimum absolute atomic E-state index is 0.332. The minimum atomic E-state index is -0.400. The van der Waals surface area contributed by atoms with E-state index < -0.39 is 12.1 Å². The number of unbranched alkanes of at least 4 members (excludes halogenated alkanes) is 2. The van der Waals surface area contributed by atoms with Crippen molar-refractivity contribution in [2.24, 2.45) is 0 Å². The molecule has 2 heterocycles. The number of ether oxygens (including phenoxy) is 2. The molecule has 8 heteroatoms. The van der Waals surface area contributed by atoms with Gasteiger partial charge in [-0.1, -0.05) is 51.0 Å². The summed E-state index contributed by atoms with van der Waals surface area (Å²) in [6, 6.07) is 15.5. The van der Waals surface area contributed by atoms with Gasteiger partial charge in [-0.05, 0) is 54.7 Å². The maximum atomic E-state index is 12.8. The second kappa shape index (κ2) is 13.4. The molecule has 2 fully saturated rings. The van der Waals surface area contributed by atoms with Crippen LogP contribution in [0, 0.1) is 0 Å². The lowest BCUT2D eigenvalue weighted by molar-refractivity contribution is 0.234. The van der Waals surface area contributed by atoms with Gasteiger partial charge in [0.25, 0.3) is 0 Å². The predicted octanol–water partition coefficient (Wildman–Crippen LogP) is 4.71. The molecule has 2 aromatic rings. The van der Waals surface area contributed by atoms with Gasteiger partial charge in [-0.15, -0.1) is 0 Å². The molecule has 37 heavy (non-hydrogen) atoms. The number of imide groups is 1. The van der Waals surface area contributed by atoms with E-state index in [4.69, 9.17) is 9.47 Å². The topological polar surface area (TPSA) is 89.7 Å². The van der Waals surface area contributed by atoms with Crippen molar-refractivity contribution < 1.29 is 19.1 Å². The van der Waals surface area contributed by atoms with E-state index in [0.29, 0.717) is 31.0 Å². The van der Waals surface area contributed by atoms with Crippen molar-refractivity contribution in [3.05, 3.63) is 59.7 Å². The second-order valence-corrected chi connectivity index (χ2v) is 9.83. The Morgan fingerprint density at radius 3 is 1.59 bits per heavy atom. The first kappa shape index (κ1) is 26.9. The highest BCUT2D eigenvalue weighted by atomic mass is 16.6. The maximum absolute atomic E-state index is 12.8. The number of benzene rings is 2. The SMILES string of the molecule is CCCCNC(=O)N(C(=O)NCCCC)c1ccc(Cc2ccc(N(CC3CO3)CC3CO3)cc2)cc1. The highest BCUT2D eigenvalue weighted by Gasteiger charge is 2.31. The summed E-state index contributed by atoms with van der Waals surface area (Å²) >= 11 is 0. The molecule has 0 saturated carbocycles. The van der Waals surface area contributed by atoms with Crippen molar-refractivity contribution in [3.63, 3.8) is 0 Å². The van der Waals surface area contributed by atoms with E-state index in [9.17, 15) is 9.59 Å². The summed E-state index contributed by atoms with van der Waals surface area (Å²) in [4.78, 5) is 29.2. The number of rotatable bonds is 14. The number of nitrogens with zero attached hydrogens (tertiary/aromatic N) is 2. The van der Waals surface area contributed by atoms with Crippen molar-refractivity contribution in [2.45, 2.75) is 58.2 Å². The fourth-order valence-corrected chi connectivity index (χ4v) is 4.18. The lowest BCUT2D eigenvalue weighted by atomic mass is 10.0. The summed E-state index contributed by atoms with van der Waals surface area (Å²) in [5.74, 6) is 0. The fourth-order valence-electron chi connectivity index (χ4n) is 4.18. The Kier molecular flexibility index (Phi) is 9.79. The average molecular weight is 509 g/mol. The molecule has 2 saturated heterocycles. The molecule has 2 aliphatic heterocycles. The number of anilines is 2. The first-order valence-corrected chi connectivity index (χ1v) is 13.6. The molecule has 2 N–H and O–H groups in total. The summed E-state index contributed by atoms with van der Waals surface area (Å²) in [7, 11) is 0. The summed E-state index contributed by atoms with van der Waals surface area (Å²) in [6.07, 6.45) is 5.12. The monoisotopic (exact) mass is 508 g/mol. The minimum Gasteiger partial charge on any atom is -0.371 e. The van der Waals surface area contributed by atoms with E-state index in [1.807, 2.05) is 24.3 Å². The summed E-state index contributed by atoms with van der Waals surface area (Å²) in [6.45, 7) is 8.70. The van der Waals surface area contributed by atoms with Crippen LogP contribution in [0.25, 0.3) is 0 Å². The highest BCUT2D eigenvalue weighted by Crippen LogP contribution is 2.24. The molecular formula is C29H40N4O4. The number of hydrogen-bond donors (Lipinski definition) is 2. The molecule has 2 atom stereocenters. The lowest BCUT2D eigenvalue weighted by Gasteiger charge is -2.23. The summed E-state index contributed by atoms with van der Waals surface area (Å²) in [5, 5.41) is 5.72. The van der Waals surface area contributed by atoms with Gasteiger partial charge in [0.1, 0.15) is 0 Å². The smallest absolute Gasteiger partial charge is 0.330 e. The van der Waals surface area contributed by atoms with Crippen LogP contribution in [0.3, 0.4) is 0 Å². The van der Waals surface area contributed by atoms with Gasteiger partial charge in [-0.2, -0.15) is 0 Å². The quantitative estimate of drug-likeness (QED) is 0.285. The van der Waals surface area contributed by atoms with Crippen LogP contribution < -0.4 is 20.4 Å². The molecule has 200 valence electrons. The molecule has 2 aromatic carbocycles. The van der Waals surface area contributed by atoms with Crippen molar-refractivity contribution >= 4 is 23.4 Å². The first-order chi connectivity index (χ1) is 18.1. The van der Waals surface area contributed by atoms with E-state index in [1.54, 1.807) is 0 Å². The number of hydrogen-bond acceptors (Lipinski definition) is 5. The standard InChI is InChI=1S/C29H40N4O4/c1-3-5-15-30-28(34)33(29(35)31-16-6-4-2)25-13-9-23(10-14-25)17-22-7-11-24(12-8-22)32(18-26-20-36-26)19-27-21-37-27/h7-14,26-27H,3-6,15-21H2,1-2H3,(H,30,34)(H,31,35). The summed E-state index contributed by atoms with van der Waals surface area (Å²) < 4.78 is 10.9. The molecule has 0 radical (unpaired) electrons. The van der Waals surface area contributed by atoms with Crippen molar-refractivity contribution in [2.75, 3.05) is 49.2 Å². The van der Waals surface area contributed by atoms with E-state index in [0.717, 1.165) is 64.0 Å². The number of nitrogens with one attached hydrogen (secondary N) is 2. The van der Waals surface area contributed by atoms with Gasteiger partial charge in [-0.3, -0.25) is 0 Å². The Morgan fingerprint density at radius 2 is 1.19 bits per heavy atom. The van der Waals surface area contributed by atoms with Crippen LogP contribution in [0.4, 0.5) is 21.0 Å². The second-order valence-electron chi connectivity index (χ2n) is 9.83. The number of carbonyl (C=O) groups is 2. The molecule has 0 aromatic heterocycles. The Balaban J connectivity index is 1.39. The van der Waals surface area contributed by atoms with Gasteiger partial charge >= 0.3 is 12.1 Å². The Bertz CT molecular complexity index is 968. The molecule has 0 bridgehead atoms. The molecule has 4 rings (SSSR count). The molecule has 2 aliphatic rings. The number of urea groups is 2. The summed E-state index contributed by atoms with van der Waals surface area (Å²) in [5.41, 5.74) is 4.06. The Labute approximate surface area is 220 Å². The van der Waals surface area contributed by atoms with Gasteiger partial charge in [0.15, 0.2) is 0 Å². The zero-order valence-corrected chi connectivity index (χ0v) is 22.1. The van der Waals surface area contributed by atoms with E-state index in [-0.39, 0.29) is 0 Å². The maximum Gasteiger partial charge on any atom is 0.330 e. The van der Waals surface area contributed by atoms with Crippen LogP contribution in [0.15, 0.2) is 48.5 Å². The molecular weight excluding hydrogens is 468 g/mol. The van der Waals surface area contributed by atoms with Crippen LogP contribution in [0.5, 0.6) is 0 Å². The van der Waals surface area contributed by atoms with Crippen LogP contribution in [-0.2, 0) is 15.9 Å². The van der Waals surface area contributed by atoms with Crippen molar-refractivity contribution in [1.82, 2.24) is 10.6 Å². The first-order valence-electron chi connectivity index (χ1n) is 13.6. The van der Waals surface area contributed by atoms with Crippen LogP contribution >= 0.6 is 0 Å². The average Bonchev–Trinajstić information content (AvgIpc) is 3.83. The van der Waals surface area contributed by atoms with E-state index in [2.05, 4.69) is 53.6 Å². The Morgan fingerprint density at radius 1 is 0.757 bits per heavy atom. The van der Waals surface area contributed by atoms with Gasteiger partial charge in [0.2, 0.25) is 0 Å². The van der Waals surface area contributed by atoms with E-state index in [1.165, 1.54) is 16.2 Å². The zero-order chi connectivity index (χ0) is 26.0. The van der Waals surface area contributed by atoms with E-state index >= 15 is 0 Å². The third-order valence-corrected chi connectivity index (χ3v) is 6.58.